The molecule has 0 atom stereocenters. The van der Waals surface area contributed by atoms with Gasteiger partial charge >= 0.3 is 12.0 Å². The van der Waals surface area contributed by atoms with E-state index >= 15 is 0 Å². The largest absolute Gasteiger partial charge is 0.452 e. The predicted molar refractivity (Wildman–Crippen MR) is 115 cm³/mol. The molecule has 0 aliphatic rings. The van der Waals surface area contributed by atoms with Gasteiger partial charge in [-0.1, -0.05) is 18.2 Å². The molecule has 0 spiro atoms. The van der Waals surface area contributed by atoms with Crippen LogP contribution in [0.15, 0.2) is 53.4 Å². The molecule has 3 amide bonds. The Bertz CT molecular complexity index is 1090. The molecule has 0 aliphatic heterocycles. The van der Waals surface area contributed by atoms with Crippen LogP contribution in [0.5, 0.6) is 0 Å². The highest BCUT2D eigenvalue weighted by Crippen LogP contribution is 2.18. The molecule has 0 heterocycles. The Labute approximate surface area is 181 Å². The number of anilines is 1. The van der Waals surface area contributed by atoms with Gasteiger partial charge in [-0.25, -0.2) is 18.0 Å². The van der Waals surface area contributed by atoms with E-state index in [-0.39, 0.29) is 10.5 Å². The van der Waals surface area contributed by atoms with Gasteiger partial charge in [0.25, 0.3) is 15.9 Å². The van der Waals surface area contributed by atoms with Gasteiger partial charge in [0.2, 0.25) is 0 Å². The third-order valence-electron chi connectivity index (χ3n) is 3.73. The number of carbonyl (C=O) groups is 3. The lowest BCUT2D eigenvalue weighted by atomic mass is 10.1. The fraction of sp³-hybridized carbons (Fsp3) is 0.286. The van der Waals surface area contributed by atoms with Crippen molar-refractivity contribution in [2.75, 3.05) is 11.3 Å². The molecule has 2 aromatic carbocycles. The molecule has 0 aromatic heterocycles. The second-order valence-corrected chi connectivity index (χ2v) is 9.51. The van der Waals surface area contributed by atoms with Crippen molar-refractivity contribution in [1.82, 2.24) is 10.6 Å². The van der Waals surface area contributed by atoms with E-state index in [4.69, 9.17) is 4.74 Å². The summed E-state index contributed by atoms with van der Waals surface area (Å²) < 4.78 is 32.6. The number of esters is 1. The van der Waals surface area contributed by atoms with Crippen molar-refractivity contribution in [2.45, 2.75) is 38.1 Å². The fourth-order valence-corrected chi connectivity index (χ4v) is 3.56. The lowest BCUT2D eigenvalue weighted by Gasteiger charge is -2.20. The van der Waals surface area contributed by atoms with Crippen LogP contribution in [0.25, 0.3) is 0 Å². The number of amides is 3. The summed E-state index contributed by atoms with van der Waals surface area (Å²) in [6.07, 6.45) is 0. The van der Waals surface area contributed by atoms with Crippen LogP contribution in [0, 0.1) is 6.92 Å². The maximum atomic E-state index is 12.6. The maximum Gasteiger partial charge on any atom is 0.338 e. The van der Waals surface area contributed by atoms with Crippen molar-refractivity contribution in [3.8, 4) is 0 Å². The maximum absolute atomic E-state index is 12.6. The number of benzene rings is 2. The number of aryl methyl sites for hydroxylation is 1. The third kappa shape index (κ3) is 7.74. The molecule has 31 heavy (non-hydrogen) atoms. The van der Waals surface area contributed by atoms with Crippen LogP contribution in [-0.2, 0) is 19.6 Å². The lowest BCUT2D eigenvalue weighted by molar-refractivity contribution is -0.123. The number of sulfonamides is 1. The van der Waals surface area contributed by atoms with Crippen molar-refractivity contribution < 1.29 is 27.5 Å². The highest BCUT2D eigenvalue weighted by Gasteiger charge is 2.19. The summed E-state index contributed by atoms with van der Waals surface area (Å²) in [5, 5.41) is 4.57. The van der Waals surface area contributed by atoms with Gasteiger partial charge in [0, 0.05) is 11.2 Å². The van der Waals surface area contributed by atoms with E-state index in [0.717, 1.165) is 11.6 Å². The zero-order chi connectivity index (χ0) is 23.2. The van der Waals surface area contributed by atoms with E-state index in [1.54, 1.807) is 39.0 Å². The van der Waals surface area contributed by atoms with Gasteiger partial charge in [-0.3, -0.25) is 14.8 Å². The Hall–Kier alpha value is -3.40. The minimum absolute atomic E-state index is 0.0564. The highest BCUT2D eigenvalue weighted by molar-refractivity contribution is 7.92. The van der Waals surface area contributed by atoms with Gasteiger partial charge in [0.05, 0.1) is 10.5 Å². The van der Waals surface area contributed by atoms with E-state index in [0.29, 0.717) is 5.69 Å². The van der Waals surface area contributed by atoms with Crippen molar-refractivity contribution in [2.24, 2.45) is 0 Å². The fourth-order valence-electron chi connectivity index (χ4n) is 2.46. The number of hydrogen-bond acceptors (Lipinski definition) is 6. The van der Waals surface area contributed by atoms with E-state index in [1.165, 1.54) is 18.2 Å². The van der Waals surface area contributed by atoms with Gasteiger partial charge < -0.3 is 10.1 Å². The quantitative estimate of drug-likeness (QED) is 0.584. The first kappa shape index (κ1) is 23.9. The summed E-state index contributed by atoms with van der Waals surface area (Å²) in [5.74, 6) is -1.72. The Kier molecular flexibility index (Phi) is 7.40. The zero-order valence-electron chi connectivity index (χ0n) is 17.7. The van der Waals surface area contributed by atoms with E-state index in [1.807, 2.05) is 18.3 Å². The SMILES string of the molecule is Cc1cccc(NS(=O)(=O)c2cccc(C(=O)OCC(=O)NC(=O)NC(C)(C)C)c2)c1. The number of carbonyl (C=O) groups excluding carboxylic acids is 3. The minimum Gasteiger partial charge on any atom is -0.452 e. The van der Waals surface area contributed by atoms with Crippen LogP contribution in [-0.4, -0.2) is 38.5 Å². The summed E-state index contributed by atoms with van der Waals surface area (Å²) in [5.41, 5.74) is 0.670. The summed E-state index contributed by atoms with van der Waals surface area (Å²) in [7, 11) is -3.94. The zero-order valence-corrected chi connectivity index (χ0v) is 18.5. The monoisotopic (exact) mass is 447 g/mol. The molecule has 2 aromatic rings. The molecular weight excluding hydrogens is 422 g/mol. The first-order valence-electron chi connectivity index (χ1n) is 9.34. The van der Waals surface area contributed by atoms with Gasteiger partial charge in [0.15, 0.2) is 6.61 Å². The van der Waals surface area contributed by atoms with Crippen LogP contribution in [0.3, 0.4) is 0 Å². The normalized spacial score (nSPS) is 11.4. The molecule has 0 bridgehead atoms. The Balaban J connectivity index is 2.01. The molecule has 10 heteroatoms. The van der Waals surface area contributed by atoms with E-state index in [9.17, 15) is 22.8 Å². The Morgan fingerprint density at radius 2 is 1.68 bits per heavy atom. The Morgan fingerprint density at radius 1 is 1.00 bits per heavy atom. The summed E-state index contributed by atoms with van der Waals surface area (Å²) in [6.45, 7) is 6.36. The average Bonchev–Trinajstić information content (AvgIpc) is 2.64. The van der Waals surface area contributed by atoms with Gasteiger partial charge in [-0.15, -0.1) is 0 Å². The van der Waals surface area contributed by atoms with Crippen LogP contribution in [0.4, 0.5) is 10.5 Å². The van der Waals surface area contributed by atoms with Crippen LogP contribution in [0.1, 0.15) is 36.7 Å². The second-order valence-electron chi connectivity index (χ2n) is 7.83. The second kappa shape index (κ2) is 9.61. The molecule has 2 rings (SSSR count). The molecule has 0 saturated carbocycles. The van der Waals surface area contributed by atoms with E-state index in [2.05, 4.69) is 10.0 Å². The summed E-state index contributed by atoms with van der Waals surface area (Å²) in [6, 6.07) is 11.3. The molecule has 0 aliphatic carbocycles. The first-order valence-corrected chi connectivity index (χ1v) is 10.8. The van der Waals surface area contributed by atoms with Crippen molar-refractivity contribution >= 4 is 33.6 Å². The number of hydrogen-bond donors (Lipinski definition) is 3. The Morgan fingerprint density at radius 3 is 2.32 bits per heavy atom. The molecule has 3 N–H and O–H groups in total. The highest BCUT2D eigenvalue weighted by atomic mass is 32.2. The van der Waals surface area contributed by atoms with E-state index < -0.39 is 40.1 Å². The number of imide groups is 1. The number of nitrogens with one attached hydrogen (secondary N) is 3. The minimum atomic E-state index is -3.94. The van der Waals surface area contributed by atoms with Gasteiger partial charge in [-0.2, -0.15) is 0 Å². The summed E-state index contributed by atoms with van der Waals surface area (Å²) in [4.78, 5) is 35.5. The molecular formula is C21H25N3O6S. The van der Waals surface area contributed by atoms with Gasteiger partial charge in [0.1, 0.15) is 0 Å². The van der Waals surface area contributed by atoms with Crippen LogP contribution < -0.4 is 15.4 Å². The smallest absolute Gasteiger partial charge is 0.338 e. The van der Waals surface area contributed by atoms with Crippen molar-refractivity contribution in [3.05, 3.63) is 59.7 Å². The number of urea groups is 1. The molecule has 9 nitrogen and oxygen atoms in total. The van der Waals surface area contributed by atoms with Gasteiger partial charge in [-0.05, 0) is 63.6 Å². The molecule has 0 saturated heterocycles. The number of rotatable bonds is 6. The standard InChI is InChI=1S/C21H25N3O6S/c1-14-7-5-9-16(11-14)24-31(28,29)17-10-6-8-15(12-17)19(26)30-13-18(25)22-20(27)23-21(2,3)4/h5-12,24H,13H2,1-4H3,(H2,22,23,25,27). The van der Waals surface area contributed by atoms with Crippen LogP contribution >= 0.6 is 0 Å². The van der Waals surface area contributed by atoms with Crippen molar-refractivity contribution in [1.29, 1.82) is 0 Å². The number of ether oxygens (including phenoxy) is 1. The topological polar surface area (TPSA) is 131 Å². The van der Waals surface area contributed by atoms with Crippen molar-refractivity contribution in [3.63, 3.8) is 0 Å². The first-order chi connectivity index (χ1) is 14.4. The molecule has 0 radical (unpaired) electrons. The van der Waals surface area contributed by atoms with Crippen LogP contribution in [0.2, 0.25) is 0 Å². The molecule has 0 unspecified atom stereocenters. The third-order valence-corrected chi connectivity index (χ3v) is 5.11. The summed E-state index contributed by atoms with van der Waals surface area (Å²) >= 11 is 0. The molecule has 0 fully saturated rings. The predicted octanol–water partition coefficient (Wildman–Crippen LogP) is 2.58. The lowest BCUT2D eigenvalue weighted by Crippen LogP contribution is -2.49. The molecule has 166 valence electrons. The average molecular weight is 448 g/mol.